The quantitative estimate of drug-likeness (QED) is 0.323. The fraction of sp³-hybridized carbons (Fsp3) is 0.308. The molecule has 2 aromatic carbocycles. The fourth-order valence-corrected chi connectivity index (χ4v) is 3.15. The fourth-order valence-electron chi connectivity index (χ4n) is 3.15. The third-order valence-electron chi connectivity index (χ3n) is 5.18. The zero-order valence-electron chi connectivity index (χ0n) is 18.5. The van der Waals surface area contributed by atoms with Gasteiger partial charge in [0.15, 0.2) is 0 Å². The van der Waals surface area contributed by atoms with E-state index in [0.29, 0.717) is 17.6 Å². The zero-order valence-corrected chi connectivity index (χ0v) is 18.5. The predicted octanol–water partition coefficient (Wildman–Crippen LogP) is 7.04. The van der Waals surface area contributed by atoms with Crippen molar-refractivity contribution < 1.29 is 17.9 Å². The van der Waals surface area contributed by atoms with Gasteiger partial charge in [0.1, 0.15) is 11.6 Å². The van der Waals surface area contributed by atoms with Crippen molar-refractivity contribution in [1.82, 2.24) is 5.32 Å². The van der Waals surface area contributed by atoms with Crippen LogP contribution in [0, 0.1) is 5.82 Å². The Morgan fingerprint density at radius 2 is 1.58 bits per heavy atom. The third kappa shape index (κ3) is 7.76. The minimum absolute atomic E-state index is 0.0624. The Hall–Kier alpha value is -2.79. The van der Waals surface area contributed by atoms with Crippen LogP contribution in [0.3, 0.4) is 0 Å². The van der Waals surface area contributed by atoms with Gasteiger partial charge in [0.25, 0.3) is 0 Å². The van der Waals surface area contributed by atoms with Crippen LogP contribution in [-0.4, -0.2) is 13.7 Å². The summed E-state index contributed by atoms with van der Waals surface area (Å²) in [6, 6.07) is 14.0. The normalized spacial score (nSPS) is 13.4. The number of nitrogens with one attached hydrogen (secondary N) is 1. The number of rotatable bonds is 10. The van der Waals surface area contributed by atoms with Crippen LogP contribution < -0.4 is 5.32 Å². The second-order valence-electron chi connectivity index (χ2n) is 7.39. The minimum atomic E-state index is -2.95. The van der Waals surface area contributed by atoms with E-state index in [1.807, 2.05) is 20.0 Å². The van der Waals surface area contributed by atoms with E-state index in [4.69, 9.17) is 4.74 Å². The Morgan fingerprint density at radius 3 is 2.13 bits per heavy atom. The van der Waals surface area contributed by atoms with Gasteiger partial charge in [-0.15, -0.1) is 0 Å². The third-order valence-corrected chi connectivity index (χ3v) is 5.18. The van der Waals surface area contributed by atoms with E-state index in [-0.39, 0.29) is 11.6 Å². The number of benzene rings is 2. The van der Waals surface area contributed by atoms with Crippen molar-refractivity contribution in [3.05, 3.63) is 100 Å². The number of hydrogen-bond donors (Lipinski definition) is 1. The van der Waals surface area contributed by atoms with Gasteiger partial charge < -0.3 is 10.1 Å². The molecular formula is C26H30F3NO. The number of ether oxygens (including phenoxy) is 1. The summed E-state index contributed by atoms with van der Waals surface area (Å²) in [5.41, 5.74) is 5.70. The van der Waals surface area contributed by atoms with Gasteiger partial charge in [-0.05, 0) is 79.8 Å². The molecule has 0 saturated carbocycles. The van der Waals surface area contributed by atoms with Gasteiger partial charge in [-0.3, -0.25) is 0 Å². The standard InChI is InChI=1S/C26H30F3NO/c1-5-18(2)23(16-20-6-8-21(9-7-20)17-30-4)12-15-25(31-26(28)29)19(3)22-10-13-24(27)14-11-22/h6-15,26,30H,5,16-17H2,1-4H3/b15-12-,23-18-,25-19-. The summed E-state index contributed by atoms with van der Waals surface area (Å²) < 4.78 is 44.1. The first-order chi connectivity index (χ1) is 14.8. The zero-order chi connectivity index (χ0) is 22.8. The van der Waals surface area contributed by atoms with Crippen LogP contribution in [0.25, 0.3) is 5.57 Å². The van der Waals surface area contributed by atoms with Gasteiger partial charge in [-0.2, -0.15) is 8.78 Å². The number of allylic oxidation sites excluding steroid dienone is 5. The molecule has 2 nitrogen and oxygen atoms in total. The lowest BCUT2D eigenvalue weighted by Crippen LogP contribution is -2.04. The number of hydrogen-bond acceptors (Lipinski definition) is 2. The van der Waals surface area contributed by atoms with Crippen molar-refractivity contribution in [3.63, 3.8) is 0 Å². The molecule has 0 bridgehead atoms. The molecule has 0 aromatic heterocycles. The van der Waals surface area contributed by atoms with E-state index in [9.17, 15) is 13.2 Å². The molecular weight excluding hydrogens is 399 g/mol. The van der Waals surface area contributed by atoms with Gasteiger partial charge in [-0.1, -0.05) is 55.0 Å². The summed E-state index contributed by atoms with van der Waals surface area (Å²) in [4.78, 5) is 0. The van der Waals surface area contributed by atoms with Crippen LogP contribution in [0.1, 0.15) is 43.9 Å². The summed E-state index contributed by atoms with van der Waals surface area (Å²) in [6.45, 7) is 3.65. The molecule has 0 fully saturated rings. The highest BCUT2D eigenvalue weighted by Crippen LogP contribution is 2.24. The molecule has 0 atom stereocenters. The van der Waals surface area contributed by atoms with Crippen molar-refractivity contribution in [1.29, 1.82) is 0 Å². The van der Waals surface area contributed by atoms with Crippen LogP contribution in [0.5, 0.6) is 0 Å². The Kier molecular flexibility index (Phi) is 9.60. The monoisotopic (exact) mass is 429 g/mol. The lowest BCUT2D eigenvalue weighted by Gasteiger charge is -2.12. The van der Waals surface area contributed by atoms with Crippen LogP contribution in [0.15, 0.2) is 77.6 Å². The topological polar surface area (TPSA) is 21.3 Å². The maximum absolute atomic E-state index is 13.2. The van der Waals surface area contributed by atoms with Crippen molar-refractivity contribution in [3.8, 4) is 0 Å². The highest BCUT2D eigenvalue weighted by atomic mass is 19.3. The second-order valence-corrected chi connectivity index (χ2v) is 7.39. The molecule has 5 heteroatoms. The predicted molar refractivity (Wildman–Crippen MR) is 121 cm³/mol. The van der Waals surface area contributed by atoms with E-state index in [2.05, 4.69) is 36.5 Å². The molecule has 2 rings (SSSR count). The van der Waals surface area contributed by atoms with E-state index in [0.717, 1.165) is 24.1 Å². The molecule has 0 heterocycles. The molecule has 0 saturated heterocycles. The highest BCUT2D eigenvalue weighted by Gasteiger charge is 2.11. The van der Waals surface area contributed by atoms with Gasteiger partial charge in [0.2, 0.25) is 0 Å². The average molecular weight is 430 g/mol. The molecule has 0 aliphatic rings. The van der Waals surface area contributed by atoms with Crippen LogP contribution in [0.4, 0.5) is 13.2 Å². The van der Waals surface area contributed by atoms with Crippen molar-refractivity contribution in [2.24, 2.45) is 0 Å². The first kappa shape index (κ1) is 24.5. The van der Waals surface area contributed by atoms with Crippen molar-refractivity contribution >= 4 is 5.57 Å². The largest absolute Gasteiger partial charge is 0.435 e. The molecule has 0 unspecified atom stereocenters. The van der Waals surface area contributed by atoms with Crippen LogP contribution in [-0.2, 0) is 17.7 Å². The Bertz CT molecular complexity index is 926. The van der Waals surface area contributed by atoms with E-state index in [1.165, 1.54) is 23.3 Å². The molecule has 166 valence electrons. The van der Waals surface area contributed by atoms with Gasteiger partial charge in [0, 0.05) is 6.54 Å². The summed E-state index contributed by atoms with van der Waals surface area (Å²) >= 11 is 0. The van der Waals surface area contributed by atoms with Crippen molar-refractivity contribution in [2.45, 2.75) is 46.8 Å². The van der Waals surface area contributed by atoms with Gasteiger partial charge in [-0.25, -0.2) is 4.39 Å². The molecule has 0 aliphatic heterocycles. The Labute approximate surface area is 183 Å². The van der Waals surface area contributed by atoms with Crippen LogP contribution >= 0.6 is 0 Å². The molecule has 0 spiro atoms. The summed E-state index contributed by atoms with van der Waals surface area (Å²) in [5.74, 6) is -0.319. The Balaban J connectivity index is 2.34. The maximum Gasteiger partial charge on any atom is 0.387 e. The van der Waals surface area contributed by atoms with Gasteiger partial charge >= 0.3 is 6.61 Å². The molecule has 0 amide bonds. The molecule has 0 aliphatic carbocycles. The Morgan fingerprint density at radius 1 is 0.968 bits per heavy atom. The van der Waals surface area contributed by atoms with Crippen LogP contribution in [0.2, 0.25) is 0 Å². The van der Waals surface area contributed by atoms with E-state index in [1.54, 1.807) is 25.1 Å². The second kappa shape index (κ2) is 12.2. The van der Waals surface area contributed by atoms with Crippen molar-refractivity contribution in [2.75, 3.05) is 7.05 Å². The minimum Gasteiger partial charge on any atom is -0.435 e. The first-order valence-corrected chi connectivity index (χ1v) is 10.3. The van der Waals surface area contributed by atoms with E-state index < -0.39 is 6.61 Å². The summed E-state index contributed by atoms with van der Waals surface area (Å²) in [7, 11) is 1.91. The molecule has 1 N–H and O–H groups in total. The van der Waals surface area contributed by atoms with Gasteiger partial charge in [0.05, 0.1) is 0 Å². The highest BCUT2D eigenvalue weighted by molar-refractivity contribution is 5.67. The molecule has 2 aromatic rings. The molecule has 0 radical (unpaired) electrons. The van der Waals surface area contributed by atoms with E-state index >= 15 is 0 Å². The SMILES string of the molecule is CC/C(C)=C(/C=C\C(OC(F)F)=C(/C)c1ccc(F)cc1)Cc1ccc(CNC)cc1. The number of halogens is 3. The number of alkyl halides is 2. The maximum atomic E-state index is 13.2. The summed E-state index contributed by atoms with van der Waals surface area (Å²) in [5, 5.41) is 3.13. The molecule has 31 heavy (non-hydrogen) atoms. The lowest BCUT2D eigenvalue weighted by molar-refractivity contribution is -0.0914. The average Bonchev–Trinajstić information content (AvgIpc) is 2.76. The summed E-state index contributed by atoms with van der Waals surface area (Å²) in [6.07, 6.45) is 4.95. The lowest BCUT2D eigenvalue weighted by atomic mass is 9.97. The smallest absolute Gasteiger partial charge is 0.387 e. The first-order valence-electron chi connectivity index (χ1n) is 10.3.